The predicted molar refractivity (Wildman–Crippen MR) is 90.5 cm³/mol. The lowest BCUT2D eigenvalue weighted by Gasteiger charge is -1.99. The second-order valence-corrected chi connectivity index (χ2v) is 5.10. The Bertz CT molecular complexity index is 326. The quantitative estimate of drug-likeness (QED) is 0.456. The predicted octanol–water partition coefficient (Wildman–Crippen LogP) is 2.75. The van der Waals surface area contributed by atoms with Gasteiger partial charge in [0.05, 0.1) is 5.69 Å². The van der Waals surface area contributed by atoms with Crippen molar-refractivity contribution in [2.24, 2.45) is 5.92 Å². The van der Waals surface area contributed by atoms with Crippen molar-refractivity contribution in [3.8, 4) is 0 Å². The molecular weight excluding hydrogens is 263 g/mol. The van der Waals surface area contributed by atoms with E-state index in [1.54, 1.807) is 0 Å². The number of carbonyl (C=O) groups is 1. The molecular formula is C15H32BN4O. The Kier molecular flexibility index (Phi) is 17.5. The molecule has 0 aliphatic carbocycles. The second kappa shape index (κ2) is 16.7. The highest BCUT2D eigenvalue weighted by Gasteiger charge is 1.99. The van der Waals surface area contributed by atoms with Crippen molar-refractivity contribution in [1.29, 1.82) is 0 Å². The minimum absolute atomic E-state index is 0.727. The number of hydrogen-bond acceptors (Lipinski definition) is 3. The molecule has 121 valence electrons. The summed E-state index contributed by atoms with van der Waals surface area (Å²) in [6.07, 6.45) is 5.53. The minimum atomic E-state index is 0.727. The van der Waals surface area contributed by atoms with Crippen LogP contribution < -0.4 is 5.32 Å². The van der Waals surface area contributed by atoms with Crippen LogP contribution in [0, 0.1) is 5.92 Å². The summed E-state index contributed by atoms with van der Waals surface area (Å²) < 4.78 is 1.85. The number of hydrogen-bond donors (Lipinski definition) is 1. The fourth-order valence-corrected chi connectivity index (χ4v) is 1.31. The van der Waals surface area contributed by atoms with Crippen LogP contribution in [0.5, 0.6) is 0 Å². The fraction of sp³-hybridized carbons (Fsp3) is 0.800. The SMILES string of the molecule is CC.CC(C)C.C[B]Cc1cn(CCCCNC=O)nn1. The third-order valence-electron chi connectivity index (χ3n) is 2.04. The molecule has 1 N–H and O–H groups in total. The Morgan fingerprint density at radius 1 is 1.33 bits per heavy atom. The Hall–Kier alpha value is -1.33. The standard InChI is InChI=1S/C9H16BN4O.C4H10.C2H6/c1-10-6-9-7-14(13-12-9)5-3-2-4-11-8-15;1-4(2)3;1-2/h7-8H,2-6H2,1H3,(H,11,15);4H,1-3H3;1-2H3. The molecule has 5 nitrogen and oxygen atoms in total. The zero-order valence-electron chi connectivity index (χ0n) is 14.6. The first-order valence-electron chi connectivity index (χ1n) is 7.94. The molecule has 6 heteroatoms. The van der Waals surface area contributed by atoms with Gasteiger partial charge in [-0.3, -0.25) is 9.48 Å². The molecule has 0 atom stereocenters. The first-order valence-corrected chi connectivity index (χ1v) is 7.94. The lowest BCUT2D eigenvalue weighted by atomic mass is 9.77. The summed E-state index contributed by atoms with van der Waals surface area (Å²) in [6, 6.07) is 0. The molecule has 1 heterocycles. The van der Waals surface area contributed by atoms with Crippen LogP contribution in [0.25, 0.3) is 0 Å². The van der Waals surface area contributed by atoms with Gasteiger partial charge in [-0.2, -0.15) is 0 Å². The van der Waals surface area contributed by atoms with E-state index >= 15 is 0 Å². The third kappa shape index (κ3) is 16.6. The average molecular weight is 295 g/mol. The van der Waals surface area contributed by atoms with E-state index < -0.39 is 0 Å². The topological polar surface area (TPSA) is 59.8 Å². The van der Waals surface area contributed by atoms with Crippen molar-refractivity contribution in [2.75, 3.05) is 6.54 Å². The molecule has 0 aliphatic rings. The molecule has 0 bridgehead atoms. The summed E-state index contributed by atoms with van der Waals surface area (Å²) in [5, 5.41) is 10.7. The zero-order valence-corrected chi connectivity index (χ0v) is 14.6. The van der Waals surface area contributed by atoms with E-state index in [1.165, 1.54) is 0 Å². The number of aromatic nitrogens is 3. The maximum atomic E-state index is 9.97. The van der Waals surface area contributed by atoms with Crippen molar-refractivity contribution in [2.45, 2.75) is 67.1 Å². The van der Waals surface area contributed by atoms with Crippen LogP contribution in [0.4, 0.5) is 0 Å². The van der Waals surface area contributed by atoms with Gasteiger partial charge in [0.15, 0.2) is 0 Å². The van der Waals surface area contributed by atoms with Crippen LogP contribution in [0.3, 0.4) is 0 Å². The average Bonchev–Trinajstić information content (AvgIpc) is 2.88. The van der Waals surface area contributed by atoms with Crippen LogP contribution in [-0.2, 0) is 17.7 Å². The van der Waals surface area contributed by atoms with Gasteiger partial charge in [-0.1, -0.05) is 46.7 Å². The Morgan fingerprint density at radius 3 is 2.48 bits per heavy atom. The summed E-state index contributed by atoms with van der Waals surface area (Å²) in [5.41, 5.74) is 1.00. The number of rotatable bonds is 8. The molecule has 1 rings (SSSR count). The van der Waals surface area contributed by atoms with Crippen LogP contribution in [0.2, 0.25) is 6.82 Å². The van der Waals surface area contributed by atoms with Gasteiger partial charge in [-0.25, -0.2) is 0 Å². The highest BCUT2D eigenvalue weighted by atomic mass is 16.1. The summed E-state index contributed by atoms with van der Waals surface area (Å²) >= 11 is 0. The van der Waals surface area contributed by atoms with Crippen molar-refractivity contribution in [1.82, 2.24) is 20.3 Å². The smallest absolute Gasteiger partial charge is 0.207 e. The van der Waals surface area contributed by atoms with Gasteiger partial charge in [-0.05, 0) is 25.1 Å². The van der Waals surface area contributed by atoms with E-state index in [0.717, 1.165) is 50.3 Å². The van der Waals surface area contributed by atoms with Gasteiger partial charge in [0.2, 0.25) is 6.41 Å². The molecule has 0 spiro atoms. The van der Waals surface area contributed by atoms with Gasteiger partial charge in [0.25, 0.3) is 0 Å². The van der Waals surface area contributed by atoms with E-state index in [4.69, 9.17) is 0 Å². The van der Waals surface area contributed by atoms with Crippen molar-refractivity contribution in [3.63, 3.8) is 0 Å². The number of nitrogens with one attached hydrogen (secondary N) is 1. The molecule has 0 unspecified atom stereocenters. The van der Waals surface area contributed by atoms with Gasteiger partial charge >= 0.3 is 0 Å². The van der Waals surface area contributed by atoms with Crippen molar-refractivity contribution in [3.05, 3.63) is 11.9 Å². The number of carbonyl (C=O) groups excluding carboxylic acids is 1. The van der Waals surface area contributed by atoms with Crippen molar-refractivity contribution >= 4 is 13.7 Å². The molecule has 1 radical (unpaired) electrons. The van der Waals surface area contributed by atoms with Crippen LogP contribution in [0.1, 0.15) is 53.2 Å². The molecule has 0 saturated carbocycles. The highest BCUT2D eigenvalue weighted by Crippen LogP contribution is 1.96. The maximum absolute atomic E-state index is 9.97. The monoisotopic (exact) mass is 295 g/mol. The fourth-order valence-electron chi connectivity index (χ4n) is 1.31. The normalized spacial score (nSPS) is 9.10. The first kappa shape index (κ1) is 22.0. The second-order valence-electron chi connectivity index (χ2n) is 5.10. The van der Waals surface area contributed by atoms with Crippen LogP contribution in [-0.4, -0.2) is 35.2 Å². The Balaban J connectivity index is 0. The lowest BCUT2D eigenvalue weighted by molar-refractivity contribution is -0.109. The van der Waals surface area contributed by atoms with E-state index in [2.05, 4.69) is 43.7 Å². The maximum Gasteiger partial charge on any atom is 0.207 e. The van der Waals surface area contributed by atoms with E-state index in [1.807, 2.05) is 31.5 Å². The molecule has 1 aromatic heterocycles. The Morgan fingerprint density at radius 2 is 1.95 bits per heavy atom. The molecule has 0 aromatic carbocycles. The van der Waals surface area contributed by atoms with Crippen molar-refractivity contribution < 1.29 is 4.79 Å². The highest BCUT2D eigenvalue weighted by molar-refractivity contribution is 6.32. The van der Waals surface area contributed by atoms with E-state index in [9.17, 15) is 4.79 Å². The lowest BCUT2D eigenvalue weighted by Crippen LogP contribution is -2.12. The zero-order chi connectivity index (χ0) is 16.5. The third-order valence-corrected chi connectivity index (χ3v) is 2.04. The van der Waals surface area contributed by atoms with Gasteiger partial charge in [0, 0.05) is 19.3 Å². The van der Waals surface area contributed by atoms with E-state index in [0.29, 0.717) is 0 Å². The molecule has 21 heavy (non-hydrogen) atoms. The van der Waals surface area contributed by atoms with Gasteiger partial charge in [-0.15, -0.1) is 5.10 Å². The van der Waals surface area contributed by atoms with Gasteiger partial charge in [0.1, 0.15) is 7.28 Å². The number of amides is 1. The molecule has 1 aromatic rings. The summed E-state index contributed by atoms with van der Waals surface area (Å²) in [5.74, 6) is 0.833. The van der Waals surface area contributed by atoms with Gasteiger partial charge < -0.3 is 5.32 Å². The molecule has 0 aliphatic heterocycles. The summed E-state index contributed by atoms with van der Waals surface area (Å²) in [6.45, 7) is 14.1. The Labute approximate surface area is 131 Å². The van der Waals surface area contributed by atoms with E-state index in [-0.39, 0.29) is 0 Å². The summed E-state index contributed by atoms with van der Waals surface area (Å²) in [7, 11) is 2.06. The van der Waals surface area contributed by atoms with Crippen LogP contribution >= 0.6 is 0 Å². The summed E-state index contributed by atoms with van der Waals surface area (Å²) in [4.78, 5) is 9.97. The first-order chi connectivity index (χ1) is 10.1. The largest absolute Gasteiger partial charge is 0.359 e. The number of aryl methyl sites for hydroxylation is 1. The molecule has 0 fully saturated rings. The minimum Gasteiger partial charge on any atom is -0.359 e. The molecule has 1 amide bonds. The molecule has 0 saturated heterocycles. The number of unbranched alkanes of at least 4 members (excludes halogenated alkanes) is 1. The number of nitrogens with zero attached hydrogens (tertiary/aromatic N) is 3. The van der Waals surface area contributed by atoms with Crippen LogP contribution in [0.15, 0.2) is 6.20 Å².